The van der Waals surface area contributed by atoms with Crippen LogP contribution in [0.2, 0.25) is 0 Å². The number of carbonyl (C=O) groups is 1. The maximum Gasteiger partial charge on any atom is 0.305 e. The van der Waals surface area contributed by atoms with Gasteiger partial charge >= 0.3 is 5.97 Å². The predicted molar refractivity (Wildman–Crippen MR) is 59.9 cm³/mol. The number of methoxy groups -OCH3 is 2. The van der Waals surface area contributed by atoms with Gasteiger partial charge < -0.3 is 9.47 Å². The van der Waals surface area contributed by atoms with Gasteiger partial charge in [0.1, 0.15) is 5.75 Å². The molecule has 0 aromatic heterocycles. The summed E-state index contributed by atoms with van der Waals surface area (Å²) >= 11 is 0. The molecule has 0 fully saturated rings. The van der Waals surface area contributed by atoms with E-state index < -0.39 is 0 Å². The molecule has 0 saturated carbocycles. The Morgan fingerprint density at radius 2 is 1.80 bits per heavy atom. The number of esters is 1. The fraction of sp³-hybridized carbons (Fsp3) is 0.417. The number of benzene rings is 1. The smallest absolute Gasteiger partial charge is 0.305 e. The lowest BCUT2D eigenvalue weighted by molar-refractivity contribution is -0.140. The van der Waals surface area contributed by atoms with E-state index in [0.29, 0.717) is 6.42 Å². The molecule has 0 aliphatic carbocycles. The van der Waals surface area contributed by atoms with Gasteiger partial charge in [-0.2, -0.15) is 0 Å². The summed E-state index contributed by atoms with van der Waals surface area (Å²) in [6, 6.07) is 9.68. The number of ether oxygens (including phenoxy) is 2. The zero-order valence-corrected chi connectivity index (χ0v) is 9.53. The topological polar surface area (TPSA) is 35.5 Å². The number of hydrogen-bond acceptors (Lipinski definition) is 3. The molecule has 0 spiro atoms. The van der Waals surface area contributed by atoms with Crippen LogP contribution in [0.25, 0.3) is 0 Å². The molecule has 1 aromatic carbocycles. The molecule has 0 aliphatic rings. The summed E-state index contributed by atoms with van der Waals surface area (Å²) in [4.78, 5) is 10.2. The van der Waals surface area contributed by atoms with Crippen LogP contribution in [0.3, 0.4) is 0 Å². The van der Waals surface area contributed by atoms with Crippen molar-refractivity contribution in [1.82, 2.24) is 0 Å². The summed E-state index contributed by atoms with van der Waals surface area (Å²) in [5, 5.41) is 0. The van der Waals surface area contributed by atoms with E-state index >= 15 is 0 Å². The Balaban J connectivity index is 0.000000265. The lowest BCUT2D eigenvalue weighted by Crippen LogP contribution is -1.97. The number of hydrogen-bond donors (Lipinski definition) is 0. The summed E-state index contributed by atoms with van der Waals surface area (Å²) < 4.78 is 9.27. The second-order valence-electron chi connectivity index (χ2n) is 2.84. The minimum Gasteiger partial charge on any atom is -0.497 e. The van der Waals surface area contributed by atoms with Crippen molar-refractivity contribution in [2.75, 3.05) is 14.2 Å². The van der Waals surface area contributed by atoms with E-state index in [1.807, 2.05) is 37.3 Å². The summed E-state index contributed by atoms with van der Waals surface area (Å²) in [5.41, 5.74) is 0. The van der Waals surface area contributed by atoms with Gasteiger partial charge in [-0.1, -0.05) is 25.1 Å². The highest BCUT2D eigenvalue weighted by atomic mass is 16.5. The normalized spacial score (nSPS) is 8.47. The Bertz CT molecular complexity index is 257. The molecule has 0 N–H and O–H groups in total. The first kappa shape index (κ1) is 13.5. The average molecular weight is 210 g/mol. The van der Waals surface area contributed by atoms with Gasteiger partial charge in [-0.05, 0) is 18.6 Å². The van der Waals surface area contributed by atoms with E-state index in [1.54, 1.807) is 7.11 Å². The summed E-state index contributed by atoms with van der Waals surface area (Å²) in [6.07, 6.45) is 1.41. The zero-order valence-electron chi connectivity index (χ0n) is 9.53. The van der Waals surface area contributed by atoms with Gasteiger partial charge in [0.05, 0.1) is 14.2 Å². The Hall–Kier alpha value is -1.51. The van der Waals surface area contributed by atoms with Gasteiger partial charge in [0.15, 0.2) is 0 Å². The Labute approximate surface area is 91.0 Å². The molecule has 0 amide bonds. The average Bonchev–Trinajstić information content (AvgIpc) is 2.31. The quantitative estimate of drug-likeness (QED) is 0.719. The molecule has 0 unspecified atom stereocenters. The molecular weight excluding hydrogens is 192 g/mol. The van der Waals surface area contributed by atoms with Crippen molar-refractivity contribution >= 4 is 5.97 Å². The lowest BCUT2D eigenvalue weighted by atomic mass is 10.3. The van der Waals surface area contributed by atoms with E-state index in [2.05, 4.69) is 4.74 Å². The van der Waals surface area contributed by atoms with Gasteiger partial charge in [-0.25, -0.2) is 0 Å². The largest absolute Gasteiger partial charge is 0.497 e. The molecule has 1 rings (SSSR count). The molecule has 3 nitrogen and oxygen atoms in total. The standard InChI is InChI=1S/C7H8O.C5H10O2/c1-8-7-5-3-2-4-6-7;1-3-4-5(6)7-2/h2-6H,1H3;3-4H2,1-2H3. The molecular formula is C12H18O3. The summed E-state index contributed by atoms with van der Waals surface area (Å²) in [7, 11) is 3.06. The van der Waals surface area contributed by atoms with Crippen molar-refractivity contribution in [3.8, 4) is 5.75 Å². The Morgan fingerprint density at radius 1 is 1.20 bits per heavy atom. The predicted octanol–water partition coefficient (Wildman–Crippen LogP) is 2.65. The monoisotopic (exact) mass is 210 g/mol. The van der Waals surface area contributed by atoms with Crippen molar-refractivity contribution in [3.63, 3.8) is 0 Å². The number of rotatable bonds is 3. The maximum atomic E-state index is 10.2. The van der Waals surface area contributed by atoms with Gasteiger partial charge in [-0.3, -0.25) is 4.79 Å². The molecule has 0 aliphatic heterocycles. The van der Waals surface area contributed by atoms with Crippen LogP contribution >= 0.6 is 0 Å². The maximum absolute atomic E-state index is 10.2. The van der Waals surface area contributed by atoms with Crippen LogP contribution < -0.4 is 4.74 Å². The minimum absolute atomic E-state index is 0.123. The second kappa shape index (κ2) is 9.06. The van der Waals surface area contributed by atoms with E-state index in [9.17, 15) is 4.79 Å². The highest BCUT2D eigenvalue weighted by molar-refractivity contribution is 5.68. The third-order valence-corrected chi connectivity index (χ3v) is 1.66. The molecule has 0 atom stereocenters. The summed E-state index contributed by atoms with van der Waals surface area (Å²) in [6.45, 7) is 1.94. The van der Waals surface area contributed by atoms with Crippen LogP contribution in [0.5, 0.6) is 5.75 Å². The molecule has 0 radical (unpaired) electrons. The third-order valence-electron chi connectivity index (χ3n) is 1.66. The van der Waals surface area contributed by atoms with E-state index in [0.717, 1.165) is 12.2 Å². The molecule has 0 heterocycles. The zero-order chi connectivity index (χ0) is 11.5. The number of carbonyl (C=O) groups excluding carboxylic acids is 1. The van der Waals surface area contributed by atoms with E-state index in [-0.39, 0.29) is 5.97 Å². The van der Waals surface area contributed by atoms with Crippen LogP contribution in [0.1, 0.15) is 19.8 Å². The number of para-hydroxylation sites is 1. The van der Waals surface area contributed by atoms with Crippen LogP contribution in [-0.2, 0) is 9.53 Å². The van der Waals surface area contributed by atoms with Gasteiger partial charge in [0.2, 0.25) is 0 Å². The Morgan fingerprint density at radius 3 is 2.07 bits per heavy atom. The molecule has 15 heavy (non-hydrogen) atoms. The molecule has 3 heteroatoms. The first-order chi connectivity index (χ1) is 7.24. The van der Waals surface area contributed by atoms with Gasteiger partial charge in [-0.15, -0.1) is 0 Å². The van der Waals surface area contributed by atoms with Crippen LogP contribution in [0.15, 0.2) is 30.3 Å². The molecule has 0 saturated heterocycles. The summed E-state index contributed by atoms with van der Waals surface area (Å²) in [5.74, 6) is 0.787. The van der Waals surface area contributed by atoms with Gasteiger partial charge in [0.25, 0.3) is 0 Å². The van der Waals surface area contributed by atoms with Crippen molar-refractivity contribution in [3.05, 3.63) is 30.3 Å². The molecule has 84 valence electrons. The van der Waals surface area contributed by atoms with Crippen LogP contribution in [-0.4, -0.2) is 20.2 Å². The van der Waals surface area contributed by atoms with Crippen LogP contribution in [0.4, 0.5) is 0 Å². The van der Waals surface area contributed by atoms with E-state index in [1.165, 1.54) is 7.11 Å². The fourth-order valence-corrected chi connectivity index (χ4v) is 0.863. The minimum atomic E-state index is -0.123. The highest BCUT2D eigenvalue weighted by Gasteiger charge is 1.92. The first-order valence-electron chi connectivity index (χ1n) is 4.90. The van der Waals surface area contributed by atoms with Gasteiger partial charge in [0, 0.05) is 6.42 Å². The van der Waals surface area contributed by atoms with E-state index in [4.69, 9.17) is 4.74 Å². The first-order valence-corrected chi connectivity index (χ1v) is 4.90. The highest BCUT2D eigenvalue weighted by Crippen LogP contribution is 2.05. The molecule has 0 bridgehead atoms. The fourth-order valence-electron chi connectivity index (χ4n) is 0.863. The second-order valence-corrected chi connectivity index (χ2v) is 2.84. The molecule has 1 aromatic rings. The SMILES string of the molecule is CCCC(=O)OC.COc1ccccc1. The lowest BCUT2D eigenvalue weighted by Gasteiger charge is -1.93. The van der Waals surface area contributed by atoms with Crippen molar-refractivity contribution in [2.24, 2.45) is 0 Å². The Kier molecular flexibility index (Phi) is 8.15. The third kappa shape index (κ3) is 7.55. The van der Waals surface area contributed by atoms with Crippen molar-refractivity contribution in [2.45, 2.75) is 19.8 Å². The van der Waals surface area contributed by atoms with Crippen molar-refractivity contribution in [1.29, 1.82) is 0 Å². The van der Waals surface area contributed by atoms with Crippen molar-refractivity contribution < 1.29 is 14.3 Å². The van der Waals surface area contributed by atoms with Crippen LogP contribution in [0, 0.1) is 0 Å².